The maximum Gasteiger partial charge on any atom is 0.296 e. The van der Waals surface area contributed by atoms with Crippen LogP contribution in [0, 0.1) is 6.92 Å². The van der Waals surface area contributed by atoms with E-state index in [1.807, 2.05) is 20.8 Å². The first-order valence-electron chi connectivity index (χ1n) is 9.28. The van der Waals surface area contributed by atoms with E-state index in [0.29, 0.717) is 12.8 Å². The van der Waals surface area contributed by atoms with Crippen molar-refractivity contribution in [2.24, 2.45) is 0 Å². The topological polar surface area (TPSA) is 91.3 Å². The lowest BCUT2D eigenvalue weighted by molar-refractivity contribution is -0.165. The van der Waals surface area contributed by atoms with Crippen LogP contribution in [0.25, 0.3) is 0 Å². The van der Waals surface area contributed by atoms with Crippen LogP contribution in [0.2, 0.25) is 0 Å². The van der Waals surface area contributed by atoms with E-state index in [9.17, 15) is 13.5 Å². The third-order valence-corrected chi connectivity index (χ3v) is 6.89. The maximum absolute atomic E-state index is 12.3. The normalized spacial score (nSPS) is 37.3. The van der Waals surface area contributed by atoms with Gasteiger partial charge in [0.2, 0.25) is 0 Å². The molecule has 0 aromatic heterocycles. The summed E-state index contributed by atoms with van der Waals surface area (Å²) in [7, 11) is -3.83. The van der Waals surface area contributed by atoms with Crippen LogP contribution in [0.15, 0.2) is 29.2 Å². The van der Waals surface area contributed by atoms with Gasteiger partial charge in [-0.15, -0.1) is 0 Å². The summed E-state index contributed by atoms with van der Waals surface area (Å²) >= 11 is 0. The molecular weight excluding hydrogens is 372 g/mol. The van der Waals surface area contributed by atoms with E-state index in [2.05, 4.69) is 0 Å². The first-order valence-corrected chi connectivity index (χ1v) is 10.7. The average molecular weight is 398 g/mol. The molecular formula is C19H26O7S. The van der Waals surface area contributed by atoms with Gasteiger partial charge in [-0.25, -0.2) is 0 Å². The predicted molar refractivity (Wildman–Crippen MR) is 95.6 cm³/mol. The van der Waals surface area contributed by atoms with Crippen LogP contribution in [0.4, 0.5) is 0 Å². The van der Waals surface area contributed by atoms with Crippen molar-refractivity contribution in [2.45, 2.75) is 80.7 Å². The largest absolute Gasteiger partial charge is 0.387 e. The molecule has 8 heteroatoms. The van der Waals surface area contributed by atoms with E-state index in [0.717, 1.165) is 5.56 Å². The number of ether oxygens (including phenoxy) is 3. The Labute approximate surface area is 159 Å². The van der Waals surface area contributed by atoms with E-state index >= 15 is 0 Å². The number of aliphatic hydroxyl groups is 1. The van der Waals surface area contributed by atoms with Crippen molar-refractivity contribution < 1.29 is 31.9 Å². The van der Waals surface area contributed by atoms with Gasteiger partial charge < -0.3 is 19.3 Å². The standard InChI is InChI=1S/C19H26O7S/c1-12-4-6-13(7-5-12)27(21,22)23-9-8-16-19(20)10-14(24-16)17-15(11-19)25-18(2,3)26-17/h4-7,14-17,20H,8-11H2,1-3H3/t14-,15+,16-,17?,19+/m0/s1. The molecule has 1 aromatic rings. The van der Waals surface area contributed by atoms with E-state index < -0.39 is 27.6 Å². The van der Waals surface area contributed by atoms with Crippen molar-refractivity contribution >= 4 is 10.1 Å². The van der Waals surface area contributed by atoms with E-state index in [4.69, 9.17) is 18.4 Å². The lowest BCUT2D eigenvalue weighted by Gasteiger charge is -2.34. The zero-order valence-corrected chi connectivity index (χ0v) is 16.6. The maximum atomic E-state index is 12.3. The van der Waals surface area contributed by atoms with Crippen LogP contribution in [-0.4, -0.2) is 55.9 Å². The molecule has 27 heavy (non-hydrogen) atoms. The highest BCUT2D eigenvalue weighted by Gasteiger charge is 2.61. The Morgan fingerprint density at radius 3 is 2.52 bits per heavy atom. The molecule has 4 rings (SSSR count). The molecule has 0 spiro atoms. The first kappa shape index (κ1) is 19.3. The molecule has 7 nitrogen and oxygen atoms in total. The van der Waals surface area contributed by atoms with Gasteiger partial charge in [-0.1, -0.05) is 17.7 Å². The molecule has 0 radical (unpaired) electrons. The Bertz CT molecular complexity index is 804. The number of aryl methyl sites for hydroxylation is 1. The average Bonchev–Trinajstić information content (AvgIpc) is 3.02. The third-order valence-electron chi connectivity index (χ3n) is 5.56. The molecule has 1 N–H and O–H groups in total. The zero-order valence-electron chi connectivity index (χ0n) is 15.8. The van der Waals surface area contributed by atoms with Gasteiger partial charge in [0.1, 0.15) is 6.10 Å². The molecule has 2 saturated heterocycles. The summed E-state index contributed by atoms with van der Waals surface area (Å²) < 4.78 is 47.5. The van der Waals surface area contributed by atoms with E-state index in [1.165, 1.54) is 12.1 Å². The van der Waals surface area contributed by atoms with Crippen molar-refractivity contribution in [3.05, 3.63) is 29.8 Å². The van der Waals surface area contributed by atoms with Gasteiger partial charge in [0, 0.05) is 19.3 Å². The SMILES string of the molecule is Cc1ccc(S(=O)(=O)OCC[C@@H]2O[C@H]3C[C@@]2(O)C[C@H]2OC(C)(C)OC32)cc1. The summed E-state index contributed by atoms with van der Waals surface area (Å²) in [6.07, 6.45) is -0.0315. The molecule has 150 valence electrons. The lowest BCUT2D eigenvalue weighted by Crippen LogP contribution is -2.48. The molecule has 5 atom stereocenters. The van der Waals surface area contributed by atoms with Crippen LogP contribution in [0.5, 0.6) is 0 Å². The number of rotatable bonds is 5. The summed E-state index contributed by atoms with van der Waals surface area (Å²) in [5.41, 5.74) is -0.0759. The third kappa shape index (κ3) is 3.66. The Kier molecular flexibility index (Phi) is 4.65. The van der Waals surface area contributed by atoms with Crippen molar-refractivity contribution in [2.75, 3.05) is 6.61 Å². The van der Waals surface area contributed by atoms with E-state index in [1.54, 1.807) is 12.1 Å². The summed E-state index contributed by atoms with van der Waals surface area (Å²) in [6.45, 7) is 5.53. The smallest absolute Gasteiger partial charge is 0.296 e. The Balaban J connectivity index is 1.37. The summed E-state index contributed by atoms with van der Waals surface area (Å²) in [4.78, 5) is 0.122. The van der Waals surface area contributed by atoms with Crippen LogP contribution in [-0.2, 0) is 28.5 Å². The quantitative estimate of drug-likeness (QED) is 0.758. The van der Waals surface area contributed by atoms with Gasteiger partial charge in [0.25, 0.3) is 10.1 Å². The zero-order chi connectivity index (χ0) is 19.4. The Hall–Kier alpha value is -1.03. The number of hydrogen-bond donors (Lipinski definition) is 1. The van der Waals surface area contributed by atoms with Crippen molar-refractivity contribution in [1.82, 2.24) is 0 Å². The molecule has 1 unspecified atom stereocenters. The van der Waals surface area contributed by atoms with Gasteiger partial charge in [-0.3, -0.25) is 4.18 Å². The molecule has 1 saturated carbocycles. The summed E-state index contributed by atoms with van der Waals surface area (Å²) in [6, 6.07) is 6.49. The predicted octanol–water partition coefficient (Wildman–Crippen LogP) is 1.90. The highest BCUT2D eigenvalue weighted by molar-refractivity contribution is 7.86. The Morgan fingerprint density at radius 2 is 1.81 bits per heavy atom. The second-order valence-corrected chi connectivity index (χ2v) is 9.81. The molecule has 1 aromatic carbocycles. The second-order valence-electron chi connectivity index (χ2n) is 8.19. The van der Waals surface area contributed by atoms with Crippen LogP contribution in [0.3, 0.4) is 0 Å². The highest BCUT2D eigenvalue weighted by atomic mass is 32.2. The van der Waals surface area contributed by atoms with Crippen molar-refractivity contribution in [3.63, 3.8) is 0 Å². The molecule has 2 heterocycles. The minimum atomic E-state index is -3.83. The molecule has 3 fully saturated rings. The lowest BCUT2D eigenvalue weighted by atomic mass is 9.79. The highest BCUT2D eigenvalue weighted by Crippen LogP contribution is 2.49. The van der Waals surface area contributed by atoms with Crippen LogP contribution in [0.1, 0.15) is 38.7 Å². The summed E-state index contributed by atoms with van der Waals surface area (Å²) in [5.74, 6) is -0.680. The van der Waals surface area contributed by atoms with Gasteiger partial charge >= 0.3 is 0 Å². The molecule has 3 aliphatic rings. The van der Waals surface area contributed by atoms with Gasteiger partial charge in [0.15, 0.2) is 5.79 Å². The fourth-order valence-electron chi connectivity index (χ4n) is 4.33. The fraction of sp³-hybridized carbons (Fsp3) is 0.684. The molecule has 1 aliphatic carbocycles. The monoisotopic (exact) mass is 398 g/mol. The number of hydrogen-bond acceptors (Lipinski definition) is 7. The van der Waals surface area contributed by atoms with E-state index in [-0.39, 0.29) is 36.2 Å². The number of benzene rings is 1. The fourth-order valence-corrected chi connectivity index (χ4v) is 5.25. The molecule has 2 bridgehead atoms. The minimum Gasteiger partial charge on any atom is -0.387 e. The first-order chi connectivity index (χ1) is 12.6. The summed E-state index contributed by atoms with van der Waals surface area (Å²) in [5, 5.41) is 11.0. The molecule has 0 amide bonds. The Morgan fingerprint density at radius 1 is 1.15 bits per heavy atom. The minimum absolute atomic E-state index is 0.0571. The van der Waals surface area contributed by atoms with Crippen LogP contribution < -0.4 is 0 Å². The van der Waals surface area contributed by atoms with Gasteiger partial charge in [-0.05, 0) is 32.9 Å². The molecule has 2 aliphatic heterocycles. The van der Waals surface area contributed by atoms with Crippen molar-refractivity contribution in [1.29, 1.82) is 0 Å². The van der Waals surface area contributed by atoms with Gasteiger partial charge in [-0.2, -0.15) is 8.42 Å². The second kappa shape index (κ2) is 6.50. The van der Waals surface area contributed by atoms with Crippen LogP contribution >= 0.6 is 0 Å². The number of fused-ring (bicyclic) bond motifs is 4. The van der Waals surface area contributed by atoms with Crippen molar-refractivity contribution in [3.8, 4) is 0 Å². The van der Waals surface area contributed by atoms with Gasteiger partial charge in [0.05, 0.1) is 35.4 Å².